The minimum atomic E-state index is -4.23. The van der Waals surface area contributed by atoms with E-state index in [9.17, 15) is 27.5 Å². The van der Waals surface area contributed by atoms with Crippen LogP contribution >= 0.6 is 11.3 Å². The van der Waals surface area contributed by atoms with Gasteiger partial charge in [-0.05, 0) is 68.6 Å². The second-order valence-electron chi connectivity index (χ2n) is 11.8. The lowest BCUT2D eigenvalue weighted by Crippen LogP contribution is -2.59. The van der Waals surface area contributed by atoms with Gasteiger partial charge in [0, 0.05) is 40.9 Å². The normalized spacial score (nSPS) is 13.8. The molecule has 1 fully saturated rings. The molecule has 0 atom stereocenters. The first-order valence-corrected chi connectivity index (χ1v) is 16.7. The highest BCUT2D eigenvalue weighted by molar-refractivity contribution is 7.90. The molecule has 0 unspecified atom stereocenters. The van der Waals surface area contributed by atoms with E-state index in [0.717, 1.165) is 11.3 Å². The zero-order valence-electron chi connectivity index (χ0n) is 25.1. The Balaban J connectivity index is 1.51. The summed E-state index contributed by atoms with van der Waals surface area (Å²) in [7, 11) is -4.23. The Kier molecular flexibility index (Phi) is 7.70. The molecular weight excluding hydrogens is 628 g/mol. The molecule has 0 spiro atoms. The quantitative estimate of drug-likeness (QED) is 0.180. The number of fused-ring (bicyclic) bond motifs is 1. The number of carboxylic acids is 1. The first-order valence-electron chi connectivity index (χ1n) is 14.3. The van der Waals surface area contributed by atoms with Gasteiger partial charge in [0.1, 0.15) is 11.4 Å². The minimum absolute atomic E-state index is 0.0554. The van der Waals surface area contributed by atoms with Crippen LogP contribution in [0.5, 0.6) is 0 Å². The number of carboxylic acid groups (broad SMARTS) is 1. The van der Waals surface area contributed by atoms with E-state index >= 15 is 0 Å². The van der Waals surface area contributed by atoms with E-state index in [4.69, 9.17) is 6.57 Å². The number of hydrogen-bond acceptors (Lipinski definition) is 6. The van der Waals surface area contributed by atoms with Crippen LogP contribution in [0.1, 0.15) is 19.4 Å². The molecular formula is C34H29FN4O5S2. The number of thiophene rings is 1. The Morgan fingerprint density at radius 1 is 1.07 bits per heavy atom. The standard InChI is InChI=1S/C34H29FN4O5S2/c1-20-8-11-25(12-9-20)46(43,44)39-28-13-10-23(35)17-27(28)29(26-14-15-45-32(26)36-4)30(39)21-6-5-7-24(16-21)38-18-22(19-38)31(40)37-34(2,3)33(41)42/h5-17,22H,18-19H2,1-3H3,(H,37,40)(H,41,42). The monoisotopic (exact) mass is 656 g/mol. The molecule has 5 aromatic rings. The molecule has 0 saturated carbocycles. The van der Waals surface area contributed by atoms with Crippen molar-refractivity contribution in [2.75, 3.05) is 18.0 Å². The van der Waals surface area contributed by atoms with Crippen molar-refractivity contribution in [1.82, 2.24) is 9.29 Å². The number of amides is 1. The number of aromatic nitrogens is 1. The Morgan fingerprint density at radius 2 is 1.78 bits per heavy atom. The van der Waals surface area contributed by atoms with Crippen molar-refractivity contribution in [3.8, 4) is 22.4 Å². The predicted molar refractivity (Wildman–Crippen MR) is 176 cm³/mol. The molecule has 0 bridgehead atoms. The summed E-state index contributed by atoms with van der Waals surface area (Å²) in [5.74, 6) is -2.48. The number of rotatable bonds is 8. The summed E-state index contributed by atoms with van der Waals surface area (Å²) in [6, 6.07) is 19.4. The summed E-state index contributed by atoms with van der Waals surface area (Å²) in [5.41, 5.74) is 2.18. The first kappa shape index (κ1) is 31.0. The molecule has 3 heterocycles. The number of nitrogens with one attached hydrogen (secondary N) is 1. The van der Waals surface area contributed by atoms with Crippen LogP contribution in [0.15, 0.2) is 83.1 Å². The fraction of sp³-hybridized carbons (Fsp3) is 0.206. The number of hydrogen-bond donors (Lipinski definition) is 2. The topological polar surface area (TPSA) is 113 Å². The average molecular weight is 657 g/mol. The highest BCUT2D eigenvalue weighted by Gasteiger charge is 2.38. The zero-order valence-corrected chi connectivity index (χ0v) is 26.7. The van der Waals surface area contributed by atoms with Crippen LogP contribution in [0.4, 0.5) is 15.1 Å². The van der Waals surface area contributed by atoms with E-state index in [1.165, 1.54) is 59.5 Å². The van der Waals surface area contributed by atoms with Crippen LogP contribution in [0.3, 0.4) is 0 Å². The maximum absolute atomic E-state index is 14.8. The van der Waals surface area contributed by atoms with Crippen molar-refractivity contribution in [3.63, 3.8) is 0 Å². The molecule has 2 N–H and O–H groups in total. The van der Waals surface area contributed by atoms with Crippen molar-refractivity contribution in [3.05, 3.63) is 101 Å². The number of anilines is 1. The second-order valence-corrected chi connectivity index (χ2v) is 14.5. The van der Waals surface area contributed by atoms with Gasteiger partial charge in [0.15, 0.2) is 0 Å². The van der Waals surface area contributed by atoms with E-state index in [0.29, 0.717) is 40.2 Å². The van der Waals surface area contributed by atoms with Crippen LogP contribution in [-0.4, -0.2) is 48.0 Å². The smallest absolute Gasteiger partial charge is 0.328 e. The summed E-state index contributed by atoms with van der Waals surface area (Å²) >= 11 is 1.22. The van der Waals surface area contributed by atoms with Crippen molar-refractivity contribution in [2.45, 2.75) is 31.2 Å². The zero-order chi connectivity index (χ0) is 33.0. The van der Waals surface area contributed by atoms with Gasteiger partial charge in [0.05, 0.1) is 28.6 Å². The Labute approximate surface area is 269 Å². The van der Waals surface area contributed by atoms with Gasteiger partial charge in [-0.1, -0.05) is 35.9 Å². The molecule has 234 valence electrons. The molecule has 3 aromatic carbocycles. The van der Waals surface area contributed by atoms with E-state index < -0.39 is 33.3 Å². The van der Waals surface area contributed by atoms with E-state index in [1.807, 2.05) is 24.0 Å². The van der Waals surface area contributed by atoms with Gasteiger partial charge in [-0.25, -0.2) is 26.4 Å². The fourth-order valence-corrected chi connectivity index (χ4v) is 7.81. The van der Waals surface area contributed by atoms with E-state index in [2.05, 4.69) is 10.2 Å². The Morgan fingerprint density at radius 3 is 2.46 bits per heavy atom. The molecule has 2 aromatic heterocycles. The van der Waals surface area contributed by atoms with Crippen molar-refractivity contribution < 1.29 is 27.5 Å². The maximum Gasteiger partial charge on any atom is 0.328 e. The highest BCUT2D eigenvalue weighted by atomic mass is 32.2. The Bertz CT molecular complexity index is 2170. The first-order chi connectivity index (χ1) is 21.8. The largest absolute Gasteiger partial charge is 0.480 e. The molecule has 6 rings (SSSR count). The van der Waals surface area contributed by atoms with Crippen LogP contribution in [0.25, 0.3) is 38.1 Å². The number of halogens is 1. The van der Waals surface area contributed by atoms with Gasteiger partial charge in [0.2, 0.25) is 10.9 Å². The lowest BCUT2D eigenvalue weighted by Gasteiger charge is -2.41. The lowest BCUT2D eigenvalue weighted by molar-refractivity contribution is -0.146. The van der Waals surface area contributed by atoms with Gasteiger partial charge >= 0.3 is 5.97 Å². The molecule has 1 aliphatic heterocycles. The van der Waals surface area contributed by atoms with Gasteiger partial charge < -0.3 is 15.3 Å². The maximum atomic E-state index is 14.8. The molecule has 12 heteroatoms. The van der Waals surface area contributed by atoms with Gasteiger partial charge in [-0.2, -0.15) is 11.3 Å². The Hall–Kier alpha value is -4.99. The fourth-order valence-electron chi connectivity index (χ4n) is 5.58. The third kappa shape index (κ3) is 5.31. The van der Waals surface area contributed by atoms with Crippen LogP contribution in [0, 0.1) is 25.2 Å². The molecule has 1 amide bonds. The minimum Gasteiger partial charge on any atom is -0.480 e. The number of carbonyl (C=O) groups excluding carboxylic acids is 1. The van der Waals surface area contributed by atoms with Crippen LogP contribution < -0.4 is 10.2 Å². The van der Waals surface area contributed by atoms with Crippen molar-refractivity contribution in [2.24, 2.45) is 5.92 Å². The van der Waals surface area contributed by atoms with Crippen molar-refractivity contribution >= 4 is 54.8 Å². The highest BCUT2D eigenvalue weighted by Crippen LogP contribution is 2.48. The average Bonchev–Trinajstić information content (AvgIpc) is 3.58. The summed E-state index contributed by atoms with van der Waals surface area (Å²) in [6.07, 6.45) is 0. The van der Waals surface area contributed by atoms with Gasteiger partial charge in [-0.3, -0.25) is 4.79 Å². The predicted octanol–water partition coefficient (Wildman–Crippen LogP) is 6.69. The van der Waals surface area contributed by atoms with E-state index in [1.54, 1.807) is 35.7 Å². The number of nitrogens with zero attached hydrogens (tertiary/aromatic N) is 3. The molecule has 1 saturated heterocycles. The van der Waals surface area contributed by atoms with Crippen molar-refractivity contribution in [1.29, 1.82) is 0 Å². The second kappa shape index (κ2) is 11.4. The molecule has 0 radical (unpaired) electrons. The molecule has 46 heavy (non-hydrogen) atoms. The molecule has 0 aliphatic carbocycles. The number of aliphatic carboxylic acids is 1. The molecule has 9 nitrogen and oxygen atoms in total. The van der Waals surface area contributed by atoms with Gasteiger partial charge in [0.25, 0.3) is 10.0 Å². The van der Waals surface area contributed by atoms with Crippen LogP contribution in [0.2, 0.25) is 0 Å². The summed E-state index contributed by atoms with van der Waals surface area (Å²) < 4.78 is 45.0. The van der Waals surface area contributed by atoms with Gasteiger partial charge in [-0.15, -0.1) is 0 Å². The summed E-state index contributed by atoms with van der Waals surface area (Å²) in [6.45, 7) is 13.2. The third-order valence-electron chi connectivity index (χ3n) is 8.17. The third-order valence-corrected chi connectivity index (χ3v) is 10.7. The van der Waals surface area contributed by atoms with E-state index in [-0.39, 0.29) is 22.0 Å². The summed E-state index contributed by atoms with van der Waals surface area (Å²) in [4.78, 5) is 29.9. The number of benzene rings is 3. The number of carbonyl (C=O) groups is 2. The van der Waals surface area contributed by atoms with Crippen LogP contribution in [-0.2, 0) is 19.6 Å². The SMILES string of the molecule is [C-]#[N+]c1sccc1-c1c(-c2cccc(N3CC(C(=O)NC(C)(C)C(=O)O)C3)c2)n(S(=O)(=O)c2ccc(C)cc2)c2ccc(F)cc12. The lowest BCUT2D eigenvalue weighted by atomic mass is 9.95. The summed E-state index contributed by atoms with van der Waals surface area (Å²) in [5, 5.41) is 14.4. The molecule has 1 aliphatic rings. The number of aryl methyl sites for hydroxylation is 1.